The highest BCUT2D eigenvalue weighted by Crippen LogP contribution is 2.34. The van der Waals surface area contributed by atoms with Crippen LogP contribution in [0.15, 0.2) is 40.9 Å². The largest absolute Gasteiger partial charge is 0.497 e. The number of nitro benzene ring substituents is 1. The van der Waals surface area contributed by atoms with Crippen molar-refractivity contribution < 1.29 is 14.4 Å². The van der Waals surface area contributed by atoms with Gasteiger partial charge in [0, 0.05) is 0 Å². The van der Waals surface area contributed by atoms with E-state index < -0.39 is 4.92 Å². The Balaban J connectivity index is 2.34. The van der Waals surface area contributed by atoms with E-state index in [0.717, 1.165) is 0 Å². The predicted octanol–water partition coefficient (Wildman–Crippen LogP) is 4.03. The molecule has 21 heavy (non-hydrogen) atoms. The van der Waals surface area contributed by atoms with Gasteiger partial charge in [-0.2, -0.15) is 5.26 Å². The lowest BCUT2D eigenvalue weighted by Gasteiger charge is -2.09. The summed E-state index contributed by atoms with van der Waals surface area (Å²) in [5, 5.41) is 19.7. The molecule has 2 aromatic rings. The number of hydrogen-bond donors (Lipinski definition) is 0. The van der Waals surface area contributed by atoms with E-state index >= 15 is 0 Å². The van der Waals surface area contributed by atoms with Gasteiger partial charge in [0.05, 0.1) is 22.6 Å². The fourth-order valence-electron chi connectivity index (χ4n) is 1.64. The van der Waals surface area contributed by atoms with Crippen LogP contribution < -0.4 is 9.47 Å². The van der Waals surface area contributed by atoms with E-state index in [0.29, 0.717) is 16.0 Å². The third-order valence-corrected chi connectivity index (χ3v) is 3.27. The van der Waals surface area contributed by atoms with E-state index in [9.17, 15) is 10.1 Å². The number of ether oxygens (including phenoxy) is 2. The Kier molecular flexibility index (Phi) is 4.40. The zero-order valence-electron chi connectivity index (χ0n) is 10.9. The Morgan fingerprint density at radius 3 is 2.52 bits per heavy atom. The molecule has 0 aliphatic carbocycles. The molecule has 2 rings (SSSR count). The zero-order chi connectivity index (χ0) is 15.4. The van der Waals surface area contributed by atoms with Gasteiger partial charge in [-0.25, -0.2) is 0 Å². The van der Waals surface area contributed by atoms with Crippen molar-refractivity contribution in [1.29, 1.82) is 5.26 Å². The summed E-state index contributed by atoms with van der Waals surface area (Å²) in [5.41, 5.74) is -0.305. The molecule has 106 valence electrons. The van der Waals surface area contributed by atoms with Crippen LogP contribution in [0.5, 0.6) is 17.2 Å². The number of benzene rings is 2. The monoisotopic (exact) mass is 348 g/mol. The molecule has 0 N–H and O–H groups in total. The molecule has 7 heteroatoms. The van der Waals surface area contributed by atoms with Crippen molar-refractivity contribution in [1.82, 2.24) is 0 Å². The van der Waals surface area contributed by atoms with Crippen molar-refractivity contribution in [3.63, 3.8) is 0 Å². The third kappa shape index (κ3) is 3.30. The van der Waals surface area contributed by atoms with E-state index in [1.54, 1.807) is 31.4 Å². The van der Waals surface area contributed by atoms with Crippen molar-refractivity contribution in [2.24, 2.45) is 0 Å². The molecular weight excluding hydrogens is 340 g/mol. The second-order valence-corrected chi connectivity index (χ2v) is 4.80. The number of methoxy groups -OCH3 is 1. The van der Waals surface area contributed by atoms with Gasteiger partial charge in [-0.1, -0.05) is 0 Å². The molecule has 0 unspecified atom stereocenters. The normalized spacial score (nSPS) is 9.76. The summed E-state index contributed by atoms with van der Waals surface area (Å²) in [6.07, 6.45) is 0. The fraction of sp³-hybridized carbons (Fsp3) is 0.0714. The maximum Gasteiger partial charge on any atom is 0.290 e. The molecule has 6 nitrogen and oxygen atoms in total. The van der Waals surface area contributed by atoms with E-state index in [-0.39, 0.29) is 17.0 Å². The number of rotatable bonds is 4. The molecule has 0 atom stereocenters. The Bertz CT molecular complexity index is 740. The van der Waals surface area contributed by atoms with Crippen molar-refractivity contribution in [2.45, 2.75) is 0 Å². The first kappa shape index (κ1) is 14.8. The average Bonchev–Trinajstić information content (AvgIpc) is 2.49. The van der Waals surface area contributed by atoms with Gasteiger partial charge in [-0.3, -0.25) is 10.1 Å². The van der Waals surface area contributed by atoms with Crippen LogP contribution in [0, 0.1) is 21.4 Å². The molecule has 0 heterocycles. The molecule has 0 bridgehead atoms. The summed E-state index contributed by atoms with van der Waals surface area (Å²) in [7, 11) is 1.55. The highest BCUT2D eigenvalue weighted by Gasteiger charge is 2.15. The quantitative estimate of drug-likeness (QED) is 0.614. The number of hydrogen-bond acceptors (Lipinski definition) is 5. The number of halogens is 1. The van der Waals surface area contributed by atoms with Gasteiger partial charge in [-0.05, 0) is 46.3 Å². The van der Waals surface area contributed by atoms with Gasteiger partial charge >= 0.3 is 0 Å². The second-order valence-electron chi connectivity index (χ2n) is 3.95. The highest BCUT2D eigenvalue weighted by atomic mass is 79.9. The molecule has 0 aliphatic rings. The lowest BCUT2D eigenvalue weighted by Crippen LogP contribution is -1.94. The predicted molar refractivity (Wildman–Crippen MR) is 78.6 cm³/mol. The number of nitrogens with zero attached hydrogens (tertiary/aromatic N) is 2. The molecule has 2 aromatic carbocycles. The third-order valence-electron chi connectivity index (χ3n) is 2.65. The van der Waals surface area contributed by atoms with Crippen LogP contribution >= 0.6 is 15.9 Å². The average molecular weight is 349 g/mol. The molecule has 0 aliphatic heterocycles. The van der Waals surface area contributed by atoms with Crippen molar-refractivity contribution in [3.8, 4) is 23.3 Å². The number of nitriles is 1. The van der Waals surface area contributed by atoms with Crippen LogP contribution in [0.1, 0.15) is 5.56 Å². The standard InChI is InChI=1S/C14H9BrN2O4/c1-20-10-4-5-14(12(15)6-10)21-11-3-2-9(8-16)13(7-11)17(18)19/h2-7H,1H3. The molecule has 0 saturated heterocycles. The van der Waals surface area contributed by atoms with Gasteiger partial charge < -0.3 is 9.47 Å². The zero-order valence-corrected chi connectivity index (χ0v) is 12.5. The minimum Gasteiger partial charge on any atom is -0.497 e. The van der Waals surface area contributed by atoms with E-state index in [4.69, 9.17) is 14.7 Å². The van der Waals surface area contributed by atoms with Crippen LogP contribution in [0.4, 0.5) is 5.69 Å². The highest BCUT2D eigenvalue weighted by molar-refractivity contribution is 9.10. The van der Waals surface area contributed by atoms with E-state index in [1.165, 1.54) is 18.2 Å². The van der Waals surface area contributed by atoms with Crippen molar-refractivity contribution in [2.75, 3.05) is 7.11 Å². The molecule has 0 radical (unpaired) electrons. The Labute approximate surface area is 128 Å². The summed E-state index contributed by atoms with van der Waals surface area (Å²) in [6, 6.07) is 10.9. The minimum atomic E-state index is -0.617. The maximum absolute atomic E-state index is 10.9. The van der Waals surface area contributed by atoms with Gasteiger partial charge in [0.25, 0.3) is 5.69 Å². The molecule has 0 amide bonds. The van der Waals surface area contributed by atoms with Gasteiger partial charge in [-0.15, -0.1) is 0 Å². The Morgan fingerprint density at radius 2 is 1.95 bits per heavy atom. The summed E-state index contributed by atoms with van der Waals surface area (Å²) in [4.78, 5) is 10.3. The van der Waals surface area contributed by atoms with Crippen LogP contribution in [-0.2, 0) is 0 Å². The summed E-state index contributed by atoms with van der Waals surface area (Å²) < 4.78 is 11.3. The van der Waals surface area contributed by atoms with Gasteiger partial charge in [0.1, 0.15) is 28.9 Å². The SMILES string of the molecule is COc1ccc(Oc2ccc(C#N)c([N+](=O)[O-])c2)c(Br)c1. The summed E-state index contributed by atoms with van der Waals surface area (Å²) >= 11 is 3.33. The topological polar surface area (TPSA) is 85.4 Å². The Morgan fingerprint density at radius 1 is 1.24 bits per heavy atom. The molecule has 0 saturated carbocycles. The van der Waals surface area contributed by atoms with Gasteiger partial charge in [0.15, 0.2) is 0 Å². The maximum atomic E-state index is 10.9. The fourth-order valence-corrected chi connectivity index (χ4v) is 2.08. The minimum absolute atomic E-state index is 0.0128. The second kappa shape index (κ2) is 6.24. The smallest absolute Gasteiger partial charge is 0.290 e. The molecular formula is C14H9BrN2O4. The van der Waals surface area contributed by atoms with Crippen LogP contribution in [0.2, 0.25) is 0 Å². The van der Waals surface area contributed by atoms with Gasteiger partial charge in [0.2, 0.25) is 0 Å². The molecule has 0 spiro atoms. The van der Waals surface area contributed by atoms with Crippen LogP contribution in [-0.4, -0.2) is 12.0 Å². The lowest BCUT2D eigenvalue weighted by atomic mass is 10.2. The number of nitro groups is 1. The van der Waals surface area contributed by atoms with Crippen molar-refractivity contribution >= 4 is 21.6 Å². The van der Waals surface area contributed by atoms with E-state index in [2.05, 4.69) is 15.9 Å². The van der Waals surface area contributed by atoms with Crippen LogP contribution in [0.3, 0.4) is 0 Å². The summed E-state index contributed by atoms with van der Waals surface area (Å²) in [6.45, 7) is 0. The van der Waals surface area contributed by atoms with Crippen molar-refractivity contribution in [3.05, 3.63) is 56.5 Å². The van der Waals surface area contributed by atoms with E-state index in [1.807, 2.05) is 0 Å². The molecule has 0 fully saturated rings. The first-order chi connectivity index (χ1) is 10.0. The Hall–Kier alpha value is -2.59. The lowest BCUT2D eigenvalue weighted by molar-refractivity contribution is -0.385. The molecule has 0 aromatic heterocycles. The van der Waals surface area contributed by atoms with Crippen LogP contribution in [0.25, 0.3) is 0 Å². The first-order valence-corrected chi connectivity index (χ1v) is 6.54. The summed E-state index contributed by atoms with van der Waals surface area (Å²) in [5.74, 6) is 1.40. The first-order valence-electron chi connectivity index (χ1n) is 5.75.